The Labute approximate surface area is 134 Å². The summed E-state index contributed by atoms with van der Waals surface area (Å²) < 4.78 is 21.4. The van der Waals surface area contributed by atoms with E-state index in [0.29, 0.717) is 5.52 Å². The number of fused-ring (bicyclic) bond motifs is 1. The van der Waals surface area contributed by atoms with Gasteiger partial charge in [0.2, 0.25) is 0 Å². The predicted octanol–water partition coefficient (Wildman–Crippen LogP) is -1.33. The molecular weight excluding hydrogens is 351 g/mol. The topological polar surface area (TPSA) is 171 Å². The smallest absolute Gasteiger partial charge is 0.394 e. The zero-order valence-corrected chi connectivity index (χ0v) is 13.1. The van der Waals surface area contributed by atoms with Gasteiger partial charge in [0.25, 0.3) is 0 Å². The van der Waals surface area contributed by atoms with E-state index in [4.69, 9.17) is 14.5 Å². The standard InChI is InChI=1S/C10H13N4O7PS/c15-1-4-6(16)8(21-22(17,18)19)10(23,20-4)7-5-9(13-2-11-5)14-3-12-7/h2-4,6,8,15-16,23H,1H2,(H2,17,18,19)(H,11,12,13,14)/t4-,6-,8-,10?/m1/s1. The zero-order chi connectivity index (χ0) is 16.8. The molecule has 1 saturated heterocycles. The molecule has 4 atom stereocenters. The second-order valence-corrected chi connectivity index (χ2v) is 6.72. The third-order valence-electron chi connectivity index (χ3n) is 3.40. The quantitative estimate of drug-likeness (QED) is 0.282. The van der Waals surface area contributed by atoms with Crippen molar-refractivity contribution in [2.24, 2.45) is 0 Å². The first kappa shape index (κ1) is 16.7. The van der Waals surface area contributed by atoms with Crippen molar-refractivity contribution in [2.45, 2.75) is 23.2 Å². The molecule has 23 heavy (non-hydrogen) atoms. The summed E-state index contributed by atoms with van der Waals surface area (Å²) in [5, 5.41) is 19.4. The molecule has 2 aromatic rings. The first-order valence-corrected chi connectivity index (χ1v) is 8.31. The highest BCUT2D eigenvalue weighted by atomic mass is 32.1. The van der Waals surface area contributed by atoms with Crippen molar-refractivity contribution in [1.82, 2.24) is 19.9 Å². The highest BCUT2D eigenvalue weighted by molar-refractivity contribution is 7.81. The number of hydrogen-bond donors (Lipinski definition) is 6. The van der Waals surface area contributed by atoms with Crippen LogP contribution < -0.4 is 0 Å². The summed E-state index contributed by atoms with van der Waals surface area (Å²) in [5.74, 6) is 0. The van der Waals surface area contributed by atoms with Crippen LogP contribution in [0.1, 0.15) is 5.69 Å². The minimum absolute atomic E-state index is 0.0665. The maximum atomic E-state index is 11.2. The molecule has 0 saturated carbocycles. The van der Waals surface area contributed by atoms with Gasteiger partial charge in [0, 0.05) is 0 Å². The molecule has 0 aromatic carbocycles. The van der Waals surface area contributed by atoms with Crippen molar-refractivity contribution in [3.05, 3.63) is 18.3 Å². The highest BCUT2D eigenvalue weighted by Crippen LogP contribution is 2.51. The summed E-state index contributed by atoms with van der Waals surface area (Å²) in [4.78, 5) is 30.9. The third kappa shape index (κ3) is 2.88. The number of phosphoric acid groups is 1. The SMILES string of the molecule is O=P(O)(O)O[C@@H]1[C@H](O)[C@@H](CO)OC1(S)c1ncnc2nc[nH]c12. The van der Waals surface area contributed by atoms with Gasteiger partial charge in [0.15, 0.2) is 10.6 Å². The minimum Gasteiger partial charge on any atom is -0.394 e. The summed E-state index contributed by atoms with van der Waals surface area (Å²) in [6.45, 7) is -0.609. The van der Waals surface area contributed by atoms with Crippen molar-refractivity contribution in [3.8, 4) is 0 Å². The molecule has 5 N–H and O–H groups in total. The largest absolute Gasteiger partial charge is 0.470 e. The van der Waals surface area contributed by atoms with Gasteiger partial charge in [0.1, 0.15) is 35.8 Å². The Morgan fingerprint density at radius 1 is 1.43 bits per heavy atom. The van der Waals surface area contributed by atoms with Gasteiger partial charge in [-0.2, -0.15) is 0 Å². The predicted molar refractivity (Wildman–Crippen MR) is 77.2 cm³/mol. The zero-order valence-electron chi connectivity index (χ0n) is 11.3. The van der Waals surface area contributed by atoms with Crippen LogP contribution in [0.15, 0.2) is 12.7 Å². The molecular formula is C10H13N4O7PS. The molecule has 11 nitrogen and oxygen atoms in total. The summed E-state index contributed by atoms with van der Waals surface area (Å²) in [7, 11) is -4.98. The fourth-order valence-electron chi connectivity index (χ4n) is 2.45. The molecule has 1 unspecified atom stereocenters. The Bertz CT molecular complexity index is 769. The summed E-state index contributed by atoms with van der Waals surface area (Å²) in [6.07, 6.45) is -1.80. The second-order valence-electron chi connectivity index (χ2n) is 4.87. The Hall–Kier alpha value is -1.11. The number of aliphatic hydroxyl groups is 2. The molecule has 0 radical (unpaired) electrons. The van der Waals surface area contributed by atoms with Crippen LogP contribution in [0.3, 0.4) is 0 Å². The highest BCUT2D eigenvalue weighted by Gasteiger charge is 2.58. The minimum atomic E-state index is -4.98. The molecule has 2 aromatic heterocycles. The molecule has 1 fully saturated rings. The van der Waals surface area contributed by atoms with Gasteiger partial charge in [-0.3, -0.25) is 4.52 Å². The van der Waals surface area contributed by atoms with E-state index in [1.165, 1.54) is 6.33 Å². The van der Waals surface area contributed by atoms with Crippen LogP contribution in [0.25, 0.3) is 11.2 Å². The van der Waals surface area contributed by atoms with Crippen molar-refractivity contribution in [1.29, 1.82) is 0 Å². The van der Waals surface area contributed by atoms with Crippen molar-refractivity contribution >= 4 is 31.6 Å². The number of H-pyrrole nitrogens is 1. The van der Waals surface area contributed by atoms with E-state index in [2.05, 4.69) is 37.1 Å². The Kier molecular flexibility index (Phi) is 4.19. The van der Waals surface area contributed by atoms with Gasteiger partial charge < -0.3 is 29.7 Å². The molecule has 1 aliphatic rings. The van der Waals surface area contributed by atoms with Crippen LogP contribution in [-0.4, -0.2) is 64.9 Å². The van der Waals surface area contributed by atoms with Gasteiger partial charge in [0.05, 0.1) is 12.9 Å². The number of imidazole rings is 1. The molecule has 3 rings (SSSR count). The summed E-state index contributed by atoms with van der Waals surface area (Å²) >= 11 is 4.30. The van der Waals surface area contributed by atoms with E-state index in [0.717, 1.165) is 6.33 Å². The van der Waals surface area contributed by atoms with Gasteiger partial charge in [-0.05, 0) is 0 Å². The maximum Gasteiger partial charge on any atom is 0.470 e. The average molecular weight is 364 g/mol. The van der Waals surface area contributed by atoms with E-state index >= 15 is 0 Å². The first-order valence-electron chi connectivity index (χ1n) is 6.34. The molecule has 13 heteroatoms. The lowest BCUT2D eigenvalue weighted by Crippen LogP contribution is -2.39. The number of aromatic nitrogens is 4. The molecule has 0 spiro atoms. The summed E-state index contributed by atoms with van der Waals surface area (Å²) in [5.41, 5.74) is 0.633. The number of aromatic amines is 1. The van der Waals surface area contributed by atoms with Crippen LogP contribution >= 0.6 is 20.5 Å². The van der Waals surface area contributed by atoms with Crippen molar-refractivity contribution in [3.63, 3.8) is 0 Å². The maximum absolute atomic E-state index is 11.2. The molecule has 126 valence electrons. The number of nitrogens with zero attached hydrogens (tertiary/aromatic N) is 3. The Morgan fingerprint density at radius 3 is 2.83 bits per heavy atom. The number of aliphatic hydroxyl groups excluding tert-OH is 2. The fourth-order valence-corrected chi connectivity index (χ4v) is 3.61. The normalized spacial score (nSPS) is 31.8. The number of ether oxygens (including phenoxy) is 1. The monoisotopic (exact) mass is 364 g/mol. The lowest BCUT2D eigenvalue weighted by Gasteiger charge is -2.29. The van der Waals surface area contributed by atoms with E-state index in [9.17, 15) is 14.8 Å². The van der Waals surface area contributed by atoms with Crippen LogP contribution in [0.4, 0.5) is 0 Å². The molecule has 1 aliphatic heterocycles. The number of nitrogens with one attached hydrogen (secondary N) is 1. The number of rotatable bonds is 4. The van der Waals surface area contributed by atoms with Crippen LogP contribution in [0, 0.1) is 0 Å². The molecule has 0 bridgehead atoms. The van der Waals surface area contributed by atoms with E-state index in [1.54, 1.807) is 0 Å². The second kappa shape index (κ2) is 5.76. The number of thiol groups is 1. The van der Waals surface area contributed by atoms with Crippen LogP contribution in [-0.2, 0) is 18.8 Å². The Balaban J connectivity index is 2.12. The van der Waals surface area contributed by atoms with Gasteiger partial charge in [-0.15, -0.1) is 12.6 Å². The van der Waals surface area contributed by atoms with E-state index in [-0.39, 0.29) is 11.3 Å². The van der Waals surface area contributed by atoms with Gasteiger partial charge >= 0.3 is 7.82 Å². The number of hydrogen-bond acceptors (Lipinski definition) is 9. The first-order chi connectivity index (χ1) is 10.8. The lowest BCUT2D eigenvalue weighted by molar-refractivity contribution is -0.0396. The molecule has 0 aliphatic carbocycles. The average Bonchev–Trinajstić information content (AvgIpc) is 3.04. The molecule has 0 amide bonds. The van der Waals surface area contributed by atoms with E-state index in [1.807, 2.05) is 0 Å². The van der Waals surface area contributed by atoms with E-state index < -0.39 is 37.7 Å². The van der Waals surface area contributed by atoms with Crippen molar-refractivity contribution in [2.75, 3.05) is 6.61 Å². The number of phosphoric ester groups is 1. The Morgan fingerprint density at radius 2 is 2.17 bits per heavy atom. The molecule has 3 heterocycles. The van der Waals surface area contributed by atoms with Gasteiger partial charge in [-0.25, -0.2) is 19.5 Å². The lowest BCUT2D eigenvalue weighted by atomic mass is 10.0. The fraction of sp³-hybridized carbons (Fsp3) is 0.500. The van der Waals surface area contributed by atoms with Gasteiger partial charge in [-0.1, -0.05) is 0 Å². The van der Waals surface area contributed by atoms with Crippen molar-refractivity contribution < 1.29 is 33.8 Å². The third-order valence-corrected chi connectivity index (χ3v) is 4.47. The van der Waals surface area contributed by atoms with Crippen LogP contribution in [0.5, 0.6) is 0 Å². The summed E-state index contributed by atoms with van der Waals surface area (Å²) in [6, 6.07) is 0. The van der Waals surface area contributed by atoms with Crippen LogP contribution in [0.2, 0.25) is 0 Å².